The molecule has 0 saturated heterocycles. The molecule has 0 aliphatic carbocycles. The van der Waals surface area contributed by atoms with Crippen molar-refractivity contribution in [3.8, 4) is 0 Å². The number of unbranched alkanes of at least 4 members (excludes halogenated alkanes) is 10. The van der Waals surface area contributed by atoms with Crippen LogP contribution in [-0.4, -0.2) is 66.1 Å². The molecule has 405 valence electrons. The maximum atomic E-state index is 11.0. The molecule has 0 N–H and O–H groups in total. The van der Waals surface area contributed by atoms with Gasteiger partial charge in [-0.05, 0) is 64.2 Å². The van der Waals surface area contributed by atoms with E-state index >= 15 is 0 Å². The van der Waals surface area contributed by atoms with Crippen molar-refractivity contribution >= 4 is 39.1 Å². The van der Waals surface area contributed by atoms with Gasteiger partial charge in [-0.15, -0.1) is 0 Å². The summed E-state index contributed by atoms with van der Waals surface area (Å²) in [6, 6.07) is 0. The molecule has 0 bridgehead atoms. The molecule has 0 amide bonds. The van der Waals surface area contributed by atoms with Crippen molar-refractivity contribution in [3.05, 3.63) is 0 Å². The molecule has 0 atom stereocenters. The van der Waals surface area contributed by atoms with Gasteiger partial charge in [0.25, 0.3) is 39.1 Å². The van der Waals surface area contributed by atoms with Crippen molar-refractivity contribution in [1.29, 1.82) is 0 Å². The van der Waals surface area contributed by atoms with E-state index in [2.05, 4.69) is 45.2 Å². The van der Waals surface area contributed by atoms with Crippen molar-refractivity contribution in [1.82, 2.24) is 0 Å². The monoisotopic (exact) mass is 1100 g/mol. The van der Waals surface area contributed by atoms with Crippen molar-refractivity contribution in [2.75, 3.05) is 66.1 Å². The summed E-state index contributed by atoms with van der Waals surface area (Å²) in [5.41, 5.74) is 0. The first-order valence-electron chi connectivity index (χ1n) is 23.6. The van der Waals surface area contributed by atoms with Crippen LogP contribution in [-0.2, 0) is 86.6 Å². The van der Waals surface area contributed by atoms with Gasteiger partial charge in [-0.1, -0.05) is 133 Å². The van der Waals surface area contributed by atoms with Gasteiger partial charge in [0.2, 0.25) is 0 Å². The number of hydrogen-bond donors (Lipinski definition) is 0. The standard InChI is InChI=1S/5C8H19O4P.V/c5*1-3-5-7-11-13(9,10)12-8-6-4-2;/h5*3-8H2,1-2H3,(H,9,10);/p-5. The van der Waals surface area contributed by atoms with E-state index in [0.29, 0.717) is 0 Å². The number of phosphoric acid groups is 5. The van der Waals surface area contributed by atoms with Crippen LogP contribution in [0.1, 0.15) is 198 Å². The molecule has 0 spiro atoms. The van der Waals surface area contributed by atoms with Crippen LogP contribution < -0.4 is 24.5 Å². The third-order valence-corrected chi connectivity index (χ3v) is 12.5. The predicted molar refractivity (Wildman–Crippen MR) is 247 cm³/mol. The molecule has 0 saturated carbocycles. The summed E-state index contributed by atoms with van der Waals surface area (Å²) < 4.78 is 101. The van der Waals surface area contributed by atoms with Gasteiger partial charge in [-0.3, -0.25) is 22.8 Å². The Bertz CT molecular complexity index is 948. The Morgan fingerprint density at radius 1 is 0.227 bits per heavy atom. The van der Waals surface area contributed by atoms with E-state index < -0.39 is 39.1 Å². The normalized spacial score (nSPS) is 11.7. The fourth-order valence-electron chi connectivity index (χ4n) is 3.39. The Kier molecular flexibility index (Phi) is 66.0. The molecule has 0 aliphatic rings. The Morgan fingerprint density at radius 2 is 0.303 bits per heavy atom. The third kappa shape index (κ3) is 71.7. The molecule has 0 aromatic rings. The molecule has 1 radical (unpaired) electrons. The van der Waals surface area contributed by atoms with Crippen LogP contribution in [0.5, 0.6) is 0 Å². The van der Waals surface area contributed by atoms with Crippen molar-refractivity contribution < 1.29 is 111 Å². The number of hydrogen-bond acceptors (Lipinski definition) is 20. The second-order valence-corrected chi connectivity index (χ2v) is 21.2. The molecule has 0 rings (SSSR count). The van der Waals surface area contributed by atoms with E-state index in [0.717, 1.165) is 128 Å². The Balaban J connectivity index is -0.000000170. The fourth-order valence-corrected chi connectivity index (χ4v) is 7.29. The summed E-state index contributed by atoms with van der Waals surface area (Å²) in [5.74, 6) is 0. The minimum absolute atomic E-state index is 0. The molecular weight excluding hydrogens is 1010 g/mol. The first kappa shape index (κ1) is 78.6. The second kappa shape index (κ2) is 55.4. The van der Waals surface area contributed by atoms with Crippen molar-refractivity contribution in [3.63, 3.8) is 0 Å². The van der Waals surface area contributed by atoms with E-state index in [1.165, 1.54) is 0 Å². The van der Waals surface area contributed by atoms with Gasteiger partial charge in [0.05, 0.1) is 66.1 Å². The van der Waals surface area contributed by atoms with Crippen molar-refractivity contribution in [2.45, 2.75) is 198 Å². The van der Waals surface area contributed by atoms with E-state index in [-0.39, 0.29) is 84.6 Å². The first-order chi connectivity index (χ1) is 30.6. The zero-order chi connectivity index (χ0) is 50.8. The number of rotatable bonds is 40. The Morgan fingerprint density at radius 3 is 0.364 bits per heavy atom. The van der Waals surface area contributed by atoms with Gasteiger partial charge < -0.3 is 69.7 Å². The topological polar surface area (TPSA) is 293 Å². The third-order valence-electron chi connectivity index (χ3n) is 7.47. The molecule has 0 unspecified atom stereocenters. The molecule has 20 nitrogen and oxygen atoms in total. The van der Waals surface area contributed by atoms with Crippen molar-refractivity contribution in [2.24, 2.45) is 0 Å². The van der Waals surface area contributed by atoms with Gasteiger partial charge in [0.15, 0.2) is 0 Å². The molecule has 0 fully saturated rings. The van der Waals surface area contributed by atoms with Crippen LogP contribution in [0.15, 0.2) is 0 Å². The second-order valence-electron chi connectivity index (χ2n) is 14.1. The quantitative estimate of drug-likeness (QED) is 0.0407. The molecule has 0 aliphatic heterocycles. The van der Waals surface area contributed by atoms with E-state index in [1.807, 2.05) is 69.2 Å². The summed E-state index contributed by atoms with van der Waals surface area (Å²) in [5, 5.41) is 0. The van der Waals surface area contributed by atoms with Crippen LogP contribution in [0.25, 0.3) is 0 Å². The maximum Gasteiger partial charge on any atom is 0.267 e. The number of phosphoric ester groups is 5. The minimum Gasteiger partial charge on any atom is -0.756 e. The van der Waals surface area contributed by atoms with Crippen LogP contribution in [0.3, 0.4) is 0 Å². The summed E-state index contributed by atoms with van der Waals surface area (Å²) in [6.45, 7) is 21.9. The molecular formula is C40H90O20P5V-5. The van der Waals surface area contributed by atoms with E-state index in [9.17, 15) is 47.3 Å². The molecule has 26 heteroatoms. The first-order valence-corrected chi connectivity index (χ1v) is 30.9. The summed E-state index contributed by atoms with van der Waals surface area (Å²) in [6.07, 6.45) is 16.5. The fraction of sp³-hybridized carbons (Fsp3) is 1.00. The van der Waals surface area contributed by atoms with Crippen LogP contribution in [0.4, 0.5) is 0 Å². The molecule has 0 heterocycles. The predicted octanol–water partition coefficient (Wildman–Crippen LogP) is 10.4. The van der Waals surface area contributed by atoms with Gasteiger partial charge in [-0.2, -0.15) is 0 Å². The van der Waals surface area contributed by atoms with E-state index in [1.54, 1.807) is 0 Å². The van der Waals surface area contributed by atoms with E-state index in [4.69, 9.17) is 0 Å². The minimum atomic E-state index is -4.00. The summed E-state index contributed by atoms with van der Waals surface area (Å²) in [7, 11) is -20.0. The maximum absolute atomic E-state index is 11.0. The SMILES string of the molecule is CCCCOP(=O)([O-])OCCCC.CCCCOP(=O)([O-])OCCCC.CCCCOP(=O)([O-])OCCCC.CCCCOP(=O)([O-])OCCCC.CCCCOP(=O)([O-])OCCCC.[V]. The Hall–Kier alpha value is 1.13. The Labute approximate surface area is 412 Å². The summed E-state index contributed by atoms with van der Waals surface area (Å²) in [4.78, 5) is 54.8. The van der Waals surface area contributed by atoms with Gasteiger partial charge in [-0.25, -0.2) is 0 Å². The summed E-state index contributed by atoms with van der Waals surface area (Å²) >= 11 is 0. The van der Waals surface area contributed by atoms with Gasteiger partial charge in [0, 0.05) is 18.6 Å². The van der Waals surface area contributed by atoms with Crippen LogP contribution >= 0.6 is 39.1 Å². The largest absolute Gasteiger partial charge is 0.756 e. The molecule has 0 aromatic carbocycles. The van der Waals surface area contributed by atoms with Gasteiger partial charge in [0.1, 0.15) is 0 Å². The average Bonchev–Trinajstić information content (AvgIpc) is 3.22. The van der Waals surface area contributed by atoms with Gasteiger partial charge >= 0.3 is 0 Å². The van der Waals surface area contributed by atoms with Crippen LogP contribution in [0.2, 0.25) is 0 Å². The smallest absolute Gasteiger partial charge is 0.267 e. The molecule has 66 heavy (non-hydrogen) atoms. The zero-order valence-electron chi connectivity index (χ0n) is 42.1. The molecule has 0 aromatic heterocycles. The zero-order valence-corrected chi connectivity index (χ0v) is 47.9. The average molecular weight is 1100 g/mol. The van der Waals surface area contributed by atoms with Crippen LogP contribution in [0, 0.1) is 0 Å².